The fourth-order valence-corrected chi connectivity index (χ4v) is 8.41. The molecule has 9 nitrogen and oxygen atoms in total. The van der Waals surface area contributed by atoms with Crippen molar-refractivity contribution >= 4 is 46.6 Å². The van der Waals surface area contributed by atoms with Crippen molar-refractivity contribution in [2.45, 2.75) is 83.5 Å². The first-order valence-electron chi connectivity index (χ1n) is 17.7. The van der Waals surface area contributed by atoms with Gasteiger partial charge in [0.25, 0.3) is 11.8 Å². The number of fused-ring (bicyclic) bond motifs is 4. The van der Waals surface area contributed by atoms with Gasteiger partial charge in [-0.05, 0) is 101 Å². The Morgan fingerprint density at radius 1 is 0.900 bits per heavy atom. The highest BCUT2D eigenvalue weighted by Crippen LogP contribution is 2.44. The van der Waals surface area contributed by atoms with Crippen LogP contribution in [0.3, 0.4) is 0 Å². The van der Waals surface area contributed by atoms with Crippen LogP contribution >= 0.6 is 11.6 Å². The van der Waals surface area contributed by atoms with Crippen LogP contribution in [-0.2, 0) is 37.5 Å². The molecule has 1 aliphatic carbocycles. The summed E-state index contributed by atoms with van der Waals surface area (Å²) in [7, 11) is 2.14. The molecule has 7 rings (SSSR count). The van der Waals surface area contributed by atoms with Crippen LogP contribution in [0.5, 0.6) is 0 Å². The number of halogens is 1. The summed E-state index contributed by atoms with van der Waals surface area (Å²) in [5.41, 5.74) is 8.30. The van der Waals surface area contributed by atoms with E-state index in [0.29, 0.717) is 22.1 Å². The number of hydrogen-bond donors (Lipinski definition) is 0. The Labute approximate surface area is 296 Å². The van der Waals surface area contributed by atoms with Crippen molar-refractivity contribution in [3.05, 3.63) is 97.0 Å². The number of hydrogen-bond acceptors (Lipinski definition) is 7. The number of amides is 2. The molecular formula is C40H42ClN3O6. The van der Waals surface area contributed by atoms with Crippen molar-refractivity contribution in [2.75, 3.05) is 31.6 Å². The summed E-state index contributed by atoms with van der Waals surface area (Å²) < 4.78 is 2.32. The van der Waals surface area contributed by atoms with Gasteiger partial charge in [-0.15, -0.1) is 5.06 Å². The van der Waals surface area contributed by atoms with Gasteiger partial charge < -0.3 is 19.6 Å². The number of carbonyl (C=O) groups excluding carboxylic acids is 4. The lowest BCUT2D eigenvalue weighted by Gasteiger charge is -2.39. The standard InChI is InChI=1S/C40H42ClN3O6/c1-40(2)31-22-33-24(9-7-16-42(33)3)19-29(31)38(27-13-12-26(41)21-28(27)39(48)49)30-20-25-10-8-18-43(34(25)23-32(30)40)17-6-4-5-11-37(47)50-44-35(45)14-15-36(44)46/h12-13,19-23H,4-11,14-18H2,1-3H3. The molecule has 3 aromatic carbocycles. The van der Waals surface area contributed by atoms with Crippen molar-refractivity contribution in [1.29, 1.82) is 0 Å². The van der Waals surface area contributed by atoms with Gasteiger partial charge >= 0.3 is 5.97 Å². The third-order valence-electron chi connectivity index (χ3n) is 10.9. The average molecular weight is 696 g/mol. The van der Waals surface area contributed by atoms with Gasteiger partial charge in [0.15, 0.2) is 0 Å². The van der Waals surface area contributed by atoms with E-state index in [4.69, 9.17) is 16.4 Å². The Balaban J connectivity index is 1.23. The van der Waals surface area contributed by atoms with Crippen molar-refractivity contribution < 1.29 is 29.1 Å². The van der Waals surface area contributed by atoms with Crippen molar-refractivity contribution in [2.24, 2.45) is 0 Å². The number of imide groups is 1. The van der Waals surface area contributed by atoms with Crippen molar-refractivity contribution in [3.63, 3.8) is 0 Å². The maximum absolute atomic E-state index is 12.6. The van der Waals surface area contributed by atoms with E-state index in [2.05, 4.69) is 54.6 Å². The van der Waals surface area contributed by atoms with Gasteiger partial charge in [-0.25, -0.2) is 9.37 Å². The fraction of sp³-hybridized carbons (Fsp3) is 0.425. The Bertz CT molecular complexity index is 2070. The van der Waals surface area contributed by atoms with E-state index >= 15 is 0 Å². The lowest BCUT2D eigenvalue weighted by Crippen LogP contribution is -2.42. The Morgan fingerprint density at radius 3 is 2.42 bits per heavy atom. The summed E-state index contributed by atoms with van der Waals surface area (Å²) in [6.07, 6.45) is 6.52. The van der Waals surface area contributed by atoms with Crippen LogP contribution in [-0.4, -0.2) is 55.5 Å². The summed E-state index contributed by atoms with van der Waals surface area (Å²) in [5.74, 6) is -2.75. The highest BCUT2D eigenvalue weighted by Gasteiger charge is 2.37. The molecular weight excluding hydrogens is 654 g/mol. The predicted molar refractivity (Wildman–Crippen MR) is 188 cm³/mol. The van der Waals surface area contributed by atoms with E-state index in [1.165, 1.54) is 33.8 Å². The molecule has 260 valence electrons. The predicted octanol–water partition coefficient (Wildman–Crippen LogP) is 3.58. The van der Waals surface area contributed by atoms with Gasteiger partial charge in [0.2, 0.25) is 5.36 Å². The van der Waals surface area contributed by atoms with E-state index < -0.39 is 23.8 Å². The normalized spacial score (nSPS) is 17.7. The lowest BCUT2D eigenvalue weighted by molar-refractivity contribution is -0.255. The number of aromatic carboxylic acids is 1. The smallest absolute Gasteiger partial charge is 0.333 e. The van der Waals surface area contributed by atoms with Crippen LogP contribution in [0.2, 0.25) is 5.02 Å². The SMILES string of the molecule is C[N+]1=c2cc3c(cc2CCC1)=C(c1ccc(Cl)cc1C(=O)[O-])c1cc2c(cc1C3(C)C)N(CCCCCC(=O)ON1C(=O)CCC1=O)CCC2. The highest BCUT2D eigenvalue weighted by atomic mass is 35.5. The van der Waals surface area contributed by atoms with E-state index in [9.17, 15) is 24.3 Å². The van der Waals surface area contributed by atoms with Gasteiger partial charge in [-0.3, -0.25) is 9.59 Å². The summed E-state index contributed by atoms with van der Waals surface area (Å²) in [6.45, 7) is 7.26. The molecule has 0 spiro atoms. The van der Waals surface area contributed by atoms with E-state index in [0.717, 1.165) is 80.1 Å². The number of unbranched alkanes of at least 4 members (excludes halogenated alkanes) is 2. The molecule has 0 aromatic heterocycles. The zero-order chi connectivity index (χ0) is 35.3. The van der Waals surface area contributed by atoms with Gasteiger partial charge in [-0.2, -0.15) is 0 Å². The number of anilines is 1. The van der Waals surface area contributed by atoms with Gasteiger partial charge in [0.05, 0.1) is 5.97 Å². The topological polar surface area (TPSA) is 110 Å². The minimum atomic E-state index is -1.25. The molecule has 0 unspecified atom stereocenters. The van der Waals surface area contributed by atoms with Crippen LogP contribution in [0.1, 0.15) is 109 Å². The van der Waals surface area contributed by atoms with E-state index in [-0.39, 0.29) is 30.2 Å². The molecule has 0 N–H and O–H groups in total. The minimum Gasteiger partial charge on any atom is -0.545 e. The zero-order valence-corrected chi connectivity index (χ0v) is 29.7. The summed E-state index contributed by atoms with van der Waals surface area (Å²) in [6, 6.07) is 14.3. The molecule has 3 aliphatic heterocycles. The van der Waals surface area contributed by atoms with Gasteiger partial charge in [0.1, 0.15) is 13.6 Å². The Kier molecular flexibility index (Phi) is 9.05. The molecule has 0 saturated carbocycles. The van der Waals surface area contributed by atoms with Crippen molar-refractivity contribution in [1.82, 2.24) is 9.64 Å². The van der Waals surface area contributed by atoms with Crippen LogP contribution < -0.4 is 25.2 Å². The third-order valence-corrected chi connectivity index (χ3v) is 11.1. The largest absolute Gasteiger partial charge is 0.545 e. The second-order valence-corrected chi connectivity index (χ2v) is 14.9. The second kappa shape index (κ2) is 13.3. The van der Waals surface area contributed by atoms with E-state index in [1.54, 1.807) is 6.07 Å². The Hall–Kier alpha value is -4.50. The maximum atomic E-state index is 12.6. The first-order chi connectivity index (χ1) is 23.9. The van der Waals surface area contributed by atoms with Crippen molar-refractivity contribution in [3.8, 4) is 0 Å². The first-order valence-corrected chi connectivity index (χ1v) is 18.1. The molecule has 0 atom stereocenters. The molecule has 1 saturated heterocycles. The summed E-state index contributed by atoms with van der Waals surface area (Å²) in [5, 5.41) is 15.8. The van der Waals surface area contributed by atoms with Crippen LogP contribution in [0.4, 0.5) is 5.69 Å². The van der Waals surface area contributed by atoms with Gasteiger partial charge in [0, 0.05) is 72.1 Å². The number of rotatable bonds is 9. The van der Waals surface area contributed by atoms with Crippen LogP contribution in [0.25, 0.3) is 5.57 Å². The monoisotopic (exact) mass is 695 g/mol. The first kappa shape index (κ1) is 34.0. The number of nitrogens with zero attached hydrogens (tertiary/aromatic N) is 3. The van der Waals surface area contributed by atoms with Crippen LogP contribution in [0.15, 0.2) is 42.5 Å². The molecule has 4 aliphatic rings. The lowest BCUT2D eigenvalue weighted by atomic mass is 9.67. The molecule has 3 aromatic rings. The quantitative estimate of drug-likeness (QED) is 0.191. The minimum absolute atomic E-state index is 0.0803. The fourth-order valence-electron chi connectivity index (χ4n) is 8.24. The number of carboxylic acid groups (broad SMARTS) is 1. The second-order valence-electron chi connectivity index (χ2n) is 14.5. The highest BCUT2D eigenvalue weighted by molar-refractivity contribution is 6.31. The summed E-state index contributed by atoms with van der Waals surface area (Å²) >= 11 is 6.33. The molecule has 1 fully saturated rings. The average Bonchev–Trinajstić information content (AvgIpc) is 3.40. The zero-order valence-electron chi connectivity index (χ0n) is 28.9. The number of aryl methyl sites for hydroxylation is 2. The number of carboxylic acids is 1. The summed E-state index contributed by atoms with van der Waals surface area (Å²) in [4.78, 5) is 55.8. The molecule has 0 radical (unpaired) electrons. The molecule has 50 heavy (non-hydrogen) atoms. The molecule has 10 heteroatoms. The Morgan fingerprint density at radius 2 is 1.66 bits per heavy atom. The molecule has 0 bridgehead atoms. The van der Waals surface area contributed by atoms with Gasteiger partial charge in [-0.1, -0.05) is 37.9 Å². The number of hydroxylamine groups is 2. The molecule has 3 heterocycles. The number of carbonyl (C=O) groups is 4. The maximum Gasteiger partial charge on any atom is 0.333 e. The number of benzene rings is 3. The third kappa shape index (κ3) is 6.10. The molecule has 2 amide bonds. The van der Waals surface area contributed by atoms with E-state index in [1.807, 2.05) is 6.07 Å². The van der Waals surface area contributed by atoms with Crippen LogP contribution in [0, 0.1) is 0 Å².